The van der Waals surface area contributed by atoms with Crippen LogP contribution in [0.15, 0.2) is 0 Å². The van der Waals surface area contributed by atoms with Gasteiger partial charge in [-0.3, -0.25) is 13.4 Å². The second-order valence-electron chi connectivity index (χ2n) is 5.43. The number of hydrogen-bond acceptors (Lipinski definition) is 9. The Hall–Kier alpha value is 3.76. The molecule has 2 N–H and O–H groups in total. The molecule has 0 bridgehead atoms. The van der Waals surface area contributed by atoms with Crippen LogP contribution in [0.1, 0.15) is 71.1 Å². The molecule has 32 heavy (non-hydrogen) atoms. The van der Waals surface area contributed by atoms with Crippen LogP contribution < -0.4 is 103 Å². The van der Waals surface area contributed by atoms with Gasteiger partial charge in [0.25, 0.3) is 7.82 Å². The zero-order chi connectivity index (χ0) is 20.7. The maximum atomic E-state index is 10.2. The van der Waals surface area contributed by atoms with Gasteiger partial charge in [0.2, 0.25) is 0 Å². The SMILES string of the molecule is CCCCCCCCCCCCOS(=O)(=O)O.O=P([O-])([O-])OP(=O)([O-])O.[Na+].[Na+].[Na+].[O-2].[O-2].[Ti+4]. The van der Waals surface area contributed by atoms with E-state index in [4.69, 9.17) is 9.45 Å². The van der Waals surface area contributed by atoms with Crippen molar-refractivity contribution in [3.05, 3.63) is 0 Å². The maximum Gasteiger partial charge on any atom is 4.00 e. The first-order chi connectivity index (χ1) is 11.8. The number of hydrogen-bond donors (Lipinski definition) is 2. The van der Waals surface area contributed by atoms with E-state index < -0.39 is 26.0 Å². The number of rotatable bonds is 14. The molecule has 176 valence electrons. The summed E-state index contributed by atoms with van der Waals surface area (Å²) >= 11 is 0. The molecule has 0 aliphatic heterocycles. The number of unbranched alkanes of at least 4 members (excludes halogenated alkanes) is 9. The summed E-state index contributed by atoms with van der Waals surface area (Å²) in [5.41, 5.74) is 0. The first kappa shape index (κ1) is 56.1. The minimum atomic E-state index is -5.61. The van der Waals surface area contributed by atoms with E-state index in [0.717, 1.165) is 12.8 Å². The molecule has 0 rings (SSSR count). The van der Waals surface area contributed by atoms with E-state index >= 15 is 0 Å². The van der Waals surface area contributed by atoms with E-state index in [-0.39, 0.29) is 128 Å². The van der Waals surface area contributed by atoms with Gasteiger partial charge in [-0.15, -0.1) is 0 Å². The average Bonchev–Trinajstić information content (AvgIpc) is 2.40. The largest absolute Gasteiger partial charge is 4.00 e. The summed E-state index contributed by atoms with van der Waals surface area (Å²) in [4.78, 5) is 35.7. The Morgan fingerprint density at radius 1 is 0.781 bits per heavy atom. The summed E-state index contributed by atoms with van der Waals surface area (Å²) in [6, 6.07) is 0. The summed E-state index contributed by atoms with van der Waals surface area (Å²) in [5, 5.41) is 0. The minimum Gasteiger partial charge on any atom is -2.00 e. The predicted molar refractivity (Wildman–Crippen MR) is 89.2 cm³/mol. The monoisotopic (exact) mass is 590 g/mol. The topological polar surface area (TPSA) is 253 Å². The summed E-state index contributed by atoms with van der Waals surface area (Å²) in [6.07, 6.45) is 11.9. The Morgan fingerprint density at radius 2 is 1.09 bits per heavy atom. The molecule has 0 radical (unpaired) electrons. The molecule has 0 amide bonds. The zero-order valence-corrected chi connectivity index (χ0v) is 29.1. The summed E-state index contributed by atoms with van der Waals surface area (Å²) in [5.74, 6) is 0. The molecule has 0 aromatic heterocycles. The molecule has 13 nitrogen and oxygen atoms in total. The third-order valence-electron chi connectivity index (χ3n) is 2.93. The Labute approximate surface area is 271 Å². The zero-order valence-electron chi connectivity index (χ0n) is 19.0. The van der Waals surface area contributed by atoms with Crippen molar-refractivity contribution in [1.29, 1.82) is 0 Å². The van der Waals surface area contributed by atoms with Crippen molar-refractivity contribution in [1.82, 2.24) is 0 Å². The Bertz CT molecular complexity index is 528. The molecule has 0 heterocycles. The first-order valence-electron chi connectivity index (χ1n) is 8.16. The Morgan fingerprint density at radius 3 is 1.31 bits per heavy atom. The van der Waals surface area contributed by atoms with Crippen molar-refractivity contribution in [2.24, 2.45) is 0 Å². The van der Waals surface area contributed by atoms with Crippen LogP contribution in [-0.4, -0.2) is 24.5 Å². The number of phosphoric acid groups is 2. The average molecular weight is 590 g/mol. The molecule has 1 unspecified atom stereocenters. The molecule has 20 heteroatoms. The van der Waals surface area contributed by atoms with Crippen molar-refractivity contribution in [3.8, 4) is 0 Å². The fraction of sp³-hybridized carbons (Fsp3) is 1.00. The summed E-state index contributed by atoms with van der Waals surface area (Å²) in [6.45, 7) is 2.31. The van der Waals surface area contributed by atoms with Crippen LogP contribution >= 0.6 is 15.6 Å². The van der Waals surface area contributed by atoms with Gasteiger partial charge in [-0.2, -0.15) is 8.42 Å². The van der Waals surface area contributed by atoms with Crippen molar-refractivity contribution >= 4 is 26.0 Å². The van der Waals surface area contributed by atoms with Crippen LogP contribution in [0.3, 0.4) is 0 Å². The standard InChI is InChI=1S/C12H26O4S.3Na.H4O7P2.2O.Ti/c1-2-3-4-5-6-7-8-9-10-11-12-16-17(13,14)15;;;;1-8(2,3)7-9(4,5)6;;;/h2-12H2,1H3,(H,13,14,15);;;;(H2,1,2,3)(H2,4,5,6);;;/q;3*+1;;2*-2;+4/p-3. The van der Waals surface area contributed by atoms with Gasteiger partial charge in [-0.25, -0.2) is 4.18 Å². The van der Waals surface area contributed by atoms with Crippen LogP contribution in [0.5, 0.6) is 0 Å². The molecule has 0 spiro atoms. The Balaban J connectivity index is -0.0000000566. The normalized spacial score (nSPS) is 11.7. The van der Waals surface area contributed by atoms with E-state index in [0.29, 0.717) is 6.42 Å². The molecule has 0 aliphatic rings. The molecule has 0 aliphatic carbocycles. The molecule has 0 aromatic carbocycles. The van der Waals surface area contributed by atoms with E-state index in [2.05, 4.69) is 15.4 Å². The van der Waals surface area contributed by atoms with Crippen LogP contribution in [0.4, 0.5) is 0 Å². The fourth-order valence-electron chi connectivity index (χ4n) is 1.88. The van der Waals surface area contributed by atoms with E-state index in [9.17, 15) is 32.2 Å². The molecule has 0 aromatic rings. The van der Waals surface area contributed by atoms with Gasteiger partial charge < -0.3 is 35.1 Å². The van der Waals surface area contributed by atoms with Gasteiger partial charge in [0, 0.05) is 0 Å². The molecular weight excluding hydrogens is 563 g/mol. The fourth-order valence-corrected chi connectivity index (χ4v) is 3.22. The predicted octanol–water partition coefficient (Wildman–Crippen LogP) is -8.21. The van der Waals surface area contributed by atoms with Crippen LogP contribution in [0.25, 0.3) is 0 Å². The van der Waals surface area contributed by atoms with Crippen molar-refractivity contribution in [2.45, 2.75) is 71.1 Å². The van der Waals surface area contributed by atoms with E-state index in [1.165, 1.54) is 44.9 Å². The first-order valence-corrected chi connectivity index (χ1v) is 12.5. The van der Waals surface area contributed by atoms with Gasteiger partial charge in [-0.05, 0) is 6.42 Å². The van der Waals surface area contributed by atoms with Gasteiger partial charge in [0.05, 0.1) is 14.4 Å². The molecule has 0 saturated carbocycles. The van der Waals surface area contributed by atoms with Gasteiger partial charge >= 0.3 is 121 Å². The maximum absolute atomic E-state index is 10.2. The smallest absolute Gasteiger partial charge is 2.00 e. The van der Waals surface area contributed by atoms with Crippen molar-refractivity contribution < 1.29 is 172 Å². The quantitative estimate of drug-likeness (QED) is 0.0831. The van der Waals surface area contributed by atoms with Crippen LogP contribution in [-0.2, 0) is 60.7 Å². The molecule has 0 fully saturated rings. The van der Waals surface area contributed by atoms with Crippen molar-refractivity contribution in [2.75, 3.05) is 6.61 Å². The van der Waals surface area contributed by atoms with Gasteiger partial charge in [-0.1, -0.05) is 64.7 Å². The van der Waals surface area contributed by atoms with E-state index in [1.807, 2.05) is 0 Å². The van der Waals surface area contributed by atoms with Crippen LogP contribution in [0.2, 0.25) is 0 Å². The second-order valence-corrected chi connectivity index (χ2v) is 9.01. The van der Waals surface area contributed by atoms with Crippen LogP contribution in [0, 0.1) is 0 Å². The third kappa shape index (κ3) is 64.2. The van der Waals surface area contributed by atoms with Gasteiger partial charge in [0.1, 0.15) is 0 Å². The molecule has 1 atom stereocenters. The summed E-state index contributed by atoms with van der Waals surface area (Å²) < 4.78 is 54.4. The molecular formula is C12H27Na3O13P2STi. The van der Waals surface area contributed by atoms with E-state index in [1.54, 1.807) is 0 Å². The minimum absolute atomic E-state index is 0. The van der Waals surface area contributed by atoms with Crippen molar-refractivity contribution in [3.63, 3.8) is 0 Å². The summed E-state index contributed by atoms with van der Waals surface area (Å²) in [7, 11) is -15.3. The molecule has 0 saturated heterocycles. The Kier molecular flexibility index (Phi) is 57.5. The third-order valence-corrected chi connectivity index (χ3v) is 5.02. The second kappa shape index (κ2) is 32.8. The van der Waals surface area contributed by atoms with Gasteiger partial charge in [0.15, 0.2) is 0 Å².